The molecular weight excluding hydrogens is 537 g/mol. The zero-order valence-electron chi connectivity index (χ0n) is 23.9. The van der Waals surface area contributed by atoms with Crippen molar-refractivity contribution in [2.24, 2.45) is 4.99 Å². The Morgan fingerprint density at radius 1 is 1.24 bits per heavy atom. The number of amidine groups is 1. The lowest BCUT2D eigenvalue weighted by atomic mass is 9.87. The first-order valence-electron chi connectivity index (χ1n) is 14.4. The van der Waals surface area contributed by atoms with E-state index in [4.69, 9.17) is 29.4 Å². The minimum atomic E-state index is -0.463. The number of halogens is 1. The van der Waals surface area contributed by atoms with Gasteiger partial charge in [0.15, 0.2) is 0 Å². The van der Waals surface area contributed by atoms with Gasteiger partial charge in [0, 0.05) is 35.5 Å². The summed E-state index contributed by atoms with van der Waals surface area (Å²) >= 11 is 0. The van der Waals surface area contributed by atoms with Crippen molar-refractivity contribution in [1.82, 2.24) is 14.8 Å². The molecule has 0 amide bonds. The molecule has 2 atom stereocenters. The fourth-order valence-corrected chi connectivity index (χ4v) is 6.26. The number of rotatable bonds is 6. The van der Waals surface area contributed by atoms with Crippen molar-refractivity contribution in [1.29, 1.82) is 5.26 Å². The van der Waals surface area contributed by atoms with Crippen LogP contribution < -0.4 is 4.74 Å². The predicted octanol–water partition coefficient (Wildman–Crippen LogP) is 4.11. The number of nitriles is 1. The van der Waals surface area contributed by atoms with Gasteiger partial charge >= 0.3 is 5.97 Å². The average Bonchev–Trinajstić information content (AvgIpc) is 3.16. The van der Waals surface area contributed by atoms with E-state index in [1.54, 1.807) is 18.2 Å². The molecule has 42 heavy (non-hydrogen) atoms. The summed E-state index contributed by atoms with van der Waals surface area (Å²) in [6, 6.07) is 12.1. The van der Waals surface area contributed by atoms with E-state index in [-0.39, 0.29) is 30.1 Å². The van der Waals surface area contributed by atoms with Gasteiger partial charge in [0.05, 0.1) is 43.6 Å². The van der Waals surface area contributed by atoms with Crippen LogP contribution in [0.2, 0.25) is 0 Å². The lowest BCUT2D eigenvalue weighted by molar-refractivity contribution is -0.135. The number of pyridine rings is 1. The lowest BCUT2D eigenvalue weighted by Crippen LogP contribution is -2.50. The molecule has 3 aliphatic heterocycles. The molecule has 2 unspecified atom stereocenters. The minimum absolute atomic E-state index is 0.0308. The van der Waals surface area contributed by atoms with Crippen molar-refractivity contribution >= 4 is 11.8 Å². The Balaban J connectivity index is 1.11. The highest BCUT2D eigenvalue weighted by Gasteiger charge is 2.46. The van der Waals surface area contributed by atoms with E-state index < -0.39 is 11.4 Å². The molecule has 2 aromatic rings. The van der Waals surface area contributed by atoms with E-state index in [9.17, 15) is 9.18 Å². The fraction of sp³-hybridized carbons (Fsp3) is 0.438. The number of nitrogens with zero attached hydrogens (tertiary/aromatic N) is 5. The Morgan fingerprint density at radius 3 is 2.83 bits per heavy atom. The van der Waals surface area contributed by atoms with Gasteiger partial charge in [-0.3, -0.25) is 9.89 Å². The van der Waals surface area contributed by atoms with Crippen molar-refractivity contribution in [2.75, 3.05) is 40.0 Å². The summed E-state index contributed by atoms with van der Waals surface area (Å²) in [5, 5.41) is 8.95. The number of aromatic nitrogens is 1. The summed E-state index contributed by atoms with van der Waals surface area (Å²) in [6.07, 6.45) is 6.36. The highest BCUT2D eigenvalue weighted by Crippen LogP contribution is 2.41. The largest absolute Gasteiger partial charge is 0.473 e. The molecule has 2 fully saturated rings. The van der Waals surface area contributed by atoms with E-state index in [1.807, 2.05) is 30.4 Å². The van der Waals surface area contributed by atoms with Gasteiger partial charge in [-0.1, -0.05) is 18.2 Å². The zero-order valence-corrected chi connectivity index (χ0v) is 23.9. The van der Waals surface area contributed by atoms with Crippen LogP contribution in [0.4, 0.5) is 4.39 Å². The Kier molecular flexibility index (Phi) is 7.80. The van der Waals surface area contributed by atoms with Crippen LogP contribution in [-0.2, 0) is 20.9 Å². The van der Waals surface area contributed by atoms with Crippen molar-refractivity contribution in [2.45, 2.75) is 50.3 Å². The number of fused-ring (bicyclic) bond motifs is 3. The summed E-state index contributed by atoms with van der Waals surface area (Å²) in [5.74, 6) is 0.959. The van der Waals surface area contributed by atoms with Crippen molar-refractivity contribution in [3.63, 3.8) is 0 Å². The van der Waals surface area contributed by atoms with Crippen LogP contribution >= 0.6 is 0 Å². The number of ether oxygens (including phenoxy) is 3. The molecule has 4 heterocycles. The summed E-state index contributed by atoms with van der Waals surface area (Å²) < 4.78 is 31.1. The molecule has 0 radical (unpaired) electrons. The number of carbonyl (C=O) groups excluding carboxylic acids is 1. The molecule has 0 saturated carbocycles. The Bertz CT molecular complexity index is 1510. The van der Waals surface area contributed by atoms with Crippen LogP contribution in [0, 0.1) is 17.1 Å². The molecule has 2 saturated heterocycles. The van der Waals surface area contributed by atoms with Crippen LogP contribution in [0.1, 0.15) is 48.9 Å². The molecule has 1 aromatic carbocycles. The first-order chi connectivity index (χ1) is 20.4. The van der Waals surface area contributed by atoms with Crippen molar-refractivity contribution < 1.29 is 23.4 Å². The van der Waals surface area contributed by atoms with Crippen LogP contribution in [0.25, 0.3) is 0 Å². The summed E-state index contributed by atoms with van der Waals surface area (Å²) in [6.45, 7) is 5.79. The smallest absolute Gasteiger partial charge is 0.337 e. The maximum absolute atomic E-state index is 14.3. The molecule has 0 bridgehead atoms. The third-order valence-corrected chi connectivity index (χ3v) is 8.64. The number of likely N-dealkylation sites (tertiary alicyclic amines) is 1. The van der Waals surface area contributed by atoms with E-state index in [1.165, 1.54) is 13.2 Å². The summed E-state index contributed by atoms with van der Waals surface area (Å²) in [7, 11) is 1.41. The Hall–Kier alpha value is -4.07. The predicted molar refractivity (Wildman–Crippen MR) is 153 cm³/mol. The molecule has 10 heteroatoms. The standard InChI is InChI=1S/C32H34FN5O4/c1-32-11-8-23(31(39)40-2)17-28(32)38-14-15-41-20-27(30(38)36-32)37-12-9-22(10-13-37)26-4-3-5-29(35-26)42-19-24-7-6-21(18-34)16-25(24)33/h3-8,16-17,22,27H,9-15,19-20H2,1-2H3. The topological polar surface area (TPSA) is 100 Å². The van der Waals surface area contributed by atoms with Gasteiger partial charge in [0.25, 0.3) is 0 Å². The number of aliphatic imine (C=N–C) groups is 1. The van der Waals surface area contributed by atoms with Gasteiger partial charge in [-0.15, -0.1) is 0 Å². The van der Waals surface area contributed by atoms with E-state index >= 15 is 0 Å². The van der Waals surface area contributed by atoms with Crippen LogP contribution in [0.3, 0.4) is 0 Å². The zero-order chi connectivity index (χ0) is 29.3. The molecular formula is C32H34FN5O4. The van der Waals surface area contributed by atoms with Crippen LogP contribution in [0.5, 0.6) is 5.88 Å². The van der Waals surface area contributed by atoms with Gasteiger partial charge in [-0.25, -0.2) is 14.2 Å². The third-order valence-electron chi connectivity index (χ3n) is 8.64. The molecule has 6 rings (SSSR count). The Morgan fingerprint density at radius 2 is 2.07 bits per heavy atom. The van der Waals surface area contributed by atoms with E-state index in [0.29, 0.717) is 43.2 Å². The van der Waals surface area contributed by atoms with E-state index in [2.05, 4.69) is 16.7 Å². The highest BCUT2D eigenvalue weighted by atomic mass is 19.1. The van der Waals surface area contributed by atoms with Crippen LogP contribution in [-0.4, -0.2) is 78.1 Å². The highest BCUT2D eigenvalue weighted by molar-refractivity contribution is 5.96. The number of hydrogen-bond acceptors (Lipinski definition) is 9. The lowest BCUT2D eigenvalue weighted by Gasteiger charge is -2.38. The molecule has 0 N–H and O–H groups in total. The maximum Gasteiger partial charge on any atom is 0.337 e. The first kappa shape index (κ1) is 28.1. The first-order valence-corrected chi connectivity index (χ1v) is 14.4. The second kappa shape index (κ2) is 11.7. The van der Waals surface area contributed by atoms with E-state index in [0.717, 1.165) is 43.2 Å². The number of piperidine rings is 1. The fourth-order valence-electron chi connectivity index (χ4n) is 6.26. The Labute approximate surface area is 244 Å². The number of benzene rings is 1. The molecule has 1 aliphatic carbocycles. The molecule has 9 nitrogen and oxygen atoms in total. The molecule has 218 valence electrons. The van der Waals surface area contributed by atoms with Gasteiger partial charge in [0.2, 0.25) is 5.88 Å². The number of esters is 1. The van der Waals surface area contributed by atoms with Crippen LogP contribution in [0.15, 0.2) is 64.8 Å². The maximum atomic E-state index is 14.3. The van der Waals surface area contributed by atoms with Crippen molar-refractivity contribution in [3.05, 3.63) is 82.5 Å². The van der Waals surface area contributed by atoms with Gasteiger partial charge in [0.1, 0.15) is 23.8 Å². The minimum Gasteiger partial charge on any atom is -0.473 e. The van der Waals surface area contributed by atoms with Gasteiger partial charge in [-0.05, 0) is 63.6 Å². The molecule has 1 aromatic heterocycles. The normalized spacial score (nSPS) is 24.4. The number of carbonyl (C=O) groups is 1. The number of hydrogen-bond donors (Lipinski definition) is 0. The summed E-state index contributed by atoms with van der Waals surface area (Å²) in [5.41, 5.74) is 2.84. The second-order valence-corrected chi connectivity index (χ2v) is 11.3. The molecule has 0 spiro atoms. The van der Waals surface area contributed by atoms with Gasteiger partial charge in [-0.2, -0.15) is 5.26 Å². The second-order valence-electron chi connectivity index (χ2n) is 11.3. The monoisotopic (exact) mass is 571 g/mol. The summed E-state index contributed by atoms with van der Waals surface area (Å²) in [4.78, 5) is 26.9. The molecule has 4 aliphatic rings. The number of methoxy groups -OCH3 is 1. The van der Waals surface area contributed by atoms with Crippen molar-refractivity contribution in [3.8, 4) is 11.9 Å². The average molecular weight is 572 g/mol. The SMILES string of the molecule is COC(=O)C1=CCC2(C)N=C3C(N4CCC(c5cccc(OCc6ccc(C#N)cc6F)n5)CC4)COCCN3C2=C1. The van der Waals surface area contributed by atoms with Gasteiger partial charge < -0.3 is 19.1 Å². The quantitative estimate of drug-likeness (QED) is 0.478. The third kappa shape index (κ3) is 5.42.